The summed E-state index contributed by atoms with van der Waals surface area (Å²) in [4.78, 5) is 5.17. The molecule has 0 heterocycles. The fourth-order valence-corrected chi connectivity index (χ4v) is 1.25. The third kappa shape index (κ3) is 2.09. The van der Waals surface area contributed by atoms with E-state index in [2.05, 4.69) is 25.2 Å². The molecular formula is C9H15NO. The topological polar surface area (TPSA) is 12.5 Å². The van der Waals surface area contributed by atoms with Crippen LogP contribution in [0.2, 0.25) is 0 Å². The molecule has 0 fully saturated rings. The first-order valence-electron chi connectivity index (χ1n) is 4.05. The Balaban J connectivity index is 2.56. The summed E-state index contributed by atoms with van der Waals surface area (Å²) >= 11 is 0. The lowest BCUT2D eigenvalue weighted by molar-refractivity contribution is -0.0986. The van der Waals surface area contributed by atoms with Crippen molar-refractivity contribution in [2.24, 2.45) is 0 Å². The number of hydroxylamine groups is 2. The average molecular weight is 153 g/mol. The van der Waals surface area contributed by atoms with E-state index >= 15 is 0 Å². The SMILES string of the molecule is CCN(OC)C1=CC=CCC1. The molecule has 0 bridgehead atoms. The lowest BCUT2D eigenvalue weighted by Crippen LogP contribution is -2.21. The molecule has 0 aromatic rings. The van der Waals surface area contributed by atoms with Crippen molar-refractivity contribution in [3.63, 3.8) is 0 Å². The highest BCUT2D eigenvalue weighted by Crippen LogP contribution is 2.15. The standard InChI is InChI=1S/C9H15NO/c1-3-10(11-2)9-7-5-4-6-8-9/h4-5,7H,3,6,8H2,1-2H3. The van der Waals surface area contributed by atoms with Gasteiger partial charge < -0.3 is 0 Å². The van der Waals surface area contributed by atoms with Gasteiger partial charge in [0.15, 0.2) is 0 Å². The Morgan fingerprint density at radius 2 is 2.45 bits per heavy atom. The van der Waals surface area contributed by atoms with E-state index in [1.54, 1.807) is 7.11 Å². The highest BCUT2D eigenvalue weighted by molar-refractivity contribution is 5.15. The molecule has 0 saturated heterocycles. The first-order chi connectivity index (χ1) is 5.38. The van der Waals surface area contributed by atoms with Gasteiger partial charge in [0, 0.05) is 12.2 Å². The van der Waals surface area contributed by atoms with E-state index in [9.17, 15) is 0 Å². The van der Waals surface area contributed by atoms with E-state index in [4.69, 9.17) is 4.84 Å². The Morgan fingerprint density at radius 1 is 1.64 bits per heavy atom. The molecule has 0 saturated carbocycles. The van der Waals surface area contributed by atoms with Crippen molar-refractivity contribution in [2.75, 3.05) is 13.7 Å². The van der Waals surface area contributed by atoms with Gasteiger partial charge in [-0.3, -0.25) is 9.90 Å². The van der Waals surface area contributed by atoms with Crippen molar-refractivity contribution in [3.8, 4) is 0 Å². The molecule has 2 nitrogen and oxygen atoms in total. The van der Waals surface area contributed by atoms with E-state index in [-0.39, 0.29) is 0 Å². The van der Waals surface area contributed by atoms with Gasteiger partial charge in [0.05, 0.1) is 7.11 Å². The summed E-state index contributed by atoms with van der Waals surface area (Å²) in [6.45, 7) is 3.00. The summed E-state index contributed by atoms with van der Waals surface area (Å²) in [5, 5.41) is 1.92. The molecule has 2 heteroatoms. The van der Waals surface area contributed by atoms with Crippen LogP contribution >= 0.6 is 0 Å². The summed E-state index contributed by atoms with van der Waals surface area (Å²) in [5.41, 5.74) is 1.28. The van der Waals surface area contributed by atoms with Crippen LogP contribution in [0, 0.1) is 0 Å². The van der Waals surface area contributed by atoms with Crippen molar-refractivity contribution >= 4 is 0 Å². The minimum atomic E-state index is 0.913. The first-order valence-corrected chi connectivity index (χ1v) is 4.05. The second-order valence-corrected chi connectivity index (χ2v) is 2.50. The minimum Gasteiger partial charge on any atom is -0.277 e. The quantitative estimate of drug-likeness (QED) is 0.576. The monoisotopic (exact) mass is 153 g/mol. The third-order valence-corrected chi connectivity index (χ3v) is 1.82. The van der Waals surface area contributed by atoms with Crippen molar-refractivity contribution in [1.29, 1.82) is 0 Å². The lowest BCUT2D eigenvalue weighted by atomic mass is 10.1. The molecule has 62 valence electrons. The number of rotatable bonds is 3. The predicted molar refractivity (Wildman–Crippen MR) is 45.8 cm³/mol. The zero-order chi connectivity index (χ0) is 8.10. The molecule has 0 aromatic carbocycles. The van der Waals surface area contributed by atoms with Gasteiger partial charge in [-0.25, -0.2) is 0 Å². The first kappa shape index (κ1) is 8.34. The van der Waals surface area contributed by atoms with E-state index in [1.807, 2.05) is 5.06 Å². The number of hydrogen-bond donors (Lipinski definition) is 0. The second kappa shape index (κ2) is 4.19. The van der Waals surface area contributed by atoms with Gasteiger partial charge in [0.25, 0.3) is 0 Å². The van der Waals surface area contributed by atoms with Crippen molar-refractivity contribution < 1.29 is 4.84 Å². The Bertz CT molecular complexity index is 168. The van der Waals surface area contributed by atoms with E-state index in [0.29, 0.717) is 0 Å². The predicted octanol–water partition coefficient (Wildman–Crippen LogP) is 2.10. The molecule has 0 spiro atoms. The van der Waals surface area contributed by atoms with Crippen LogP contribution in [0.4, 0.5) is 0 Å². The maximum atomic E-state index is 5.17. The van der Waals surface area contributed by atoms with Crippen LogP contribution in [0.1, 0.15) is 19.8 Å². The summed E-state index contributed by atoms with van der Waals surface area (Å²) in [7, 11) is 1.71. The van der Waals surface area contributed by atoms with Gasteiger partial charge >= 0.3 is 0 Å². The summed E-state index contributed by atoms with van der Waals surface area (Å²) in [6.07, 6.45) is 8.59. The largest absolute Gasteiger partial charge is 0.277 e. The fraction of sp³-hybridized carbons (Fsp3) is 0.556. The van der Waals surface area contributed by atoms with Gasteiger partial charge in [-0.05, 0) is 25.8 Å². The molecule has 0 radical (unpaired) electrons. The molecule has 0 aliphatic heterocycles. The van der Waals surface area contributed by atoms with Crippen LogP contribution in [-0.4, -0.2) is 18.7 Å². The maximum Gasteiger partial charge on any atom is 0.0638 e. The number of nitrogens with zero attached hydrogens (tertiary/aromatic N) is 1. The highest BCUT2D eigenvalue weighted by atomic mass is 16.7. The Kier molecular flexibility index (Phi) is 3.17. The number of allylic oxidation sites excluding steroid dienone is 4. The van der Waals surface area contributed by atoms with E-state index in [0.717, 1.165) is 19.4 Å². The van der Waals surface area contributed by atoms with Gasteiger partial charge in [-0.2, -0.15) is 0 Å². The molecule has 11 heavy (non-hydrogen) atoms. The maximum absolute atomic E-state index is 5.17. The van der Waals surface area contributed by atoms with Crippen LogP contribution in [0.5, 0.6) is 0 Å². The molecule has 1 rings (SSSR count). The van der Waals surface area contributed by atoms with Crippen LogP contribution in [-0.2, 0) is 4.84 Å². The van der Waals surface area contributed by atoms with Gasteiger partial charge in [-0.1, -0.05) is 12.2 Å². The van der Waals surface area contributed by atoms with Gasteiger partial charge in [0.2, 0.25) is 0 Å². The zero-order valence-corrected chi connectivity index (χ0v) is 7.21. The molecule has 1 aliphatic rings. The van der Waals surface area contributed by atoms with Crippen molar-refractivity contribution in [3.05, 3.63) is 23.9 Å². The molecule has 0 aromatic heterocycles. The van der Waals surface area contributed by atoms with E-state index in [1.165, 1.54) is 5.70 Å². The summed E-state index contributed by atoms with van der Waals surface area (Å²) in [6, 6.07) is 0. The minimum absolute atomic E-state index is 0.913. The van der Waals surface area contributed by atoms with Crippen LogP contribution in [0.15, 0.2) is 23.9 Å². The second-order valence-electron chi connectivity index (χ2n) is 2.50. The van der Waals surface area contributed by atoms with Gasteiger partial charge in [-0.15, -0.1) is 0 Å². The lowest BCUT2D eigenvalue weighted by Gasteiger charge is -2.23. The zero-order valence-electron chi connectivity index (χ0n) is 7.21. The van der Waals surface area contributed by atoms with Crippen LogP contribution in [0.3, 0.4) is 0 Å². The Morgan fingerprint density at radius 3 is 2.91 bits per heavy atom. The smallest absolute Gasteiger partial charge is 0.0638 e. The Labute approximate surface area is 68.1 Å². The van der Waals surface area contributed by atoms with Crippen LogP contribution in [0.25, 0.3) is 0 Å². The average Bonchev–Trinajstić information content (AvgIpc) is 2.09. The Hall–Kier alpha value is -0.760. The van der Waals surface area contributed by atoms with Crippen LogP contribution < -0.4 is 0 Å². The molecule has 0 amide bonds. The normalized spacial score (nSPS) is 16.4. The molecule has 0 unspecified atom stereocenters. The molecular weight excluding hydrogens is 138 g/mol. The van der Waals surface area contributed by atoms with Gasteiger partial charge in [0.1, 0.15) is 0 Å². The summed E-state index contributed by atoms with van der Waals surface area (Å²) < 4.78 is 0. The summed E-state index contributed by atoms with van der Waals surface area (Å²) in [5.74, 6) is 0. The van der Waals surface area contributed by atoms with Crippen molar-refractivity contribution in [1.82, 2.24) is 5.06 Å². The highest BCUT2D eigenvalue weighted by Gasteiger charge is 2.06. The molecule has 0 N–H and O–H groups in total. The number of hydrogen-bond acceptors (Lipinski definition) is 2. The molecule has 0 atom stereocenters. The van der Waals surface area contributed by atoms with Crippen molar-refractivity contribution in [2.45, 2.75) is 19.8 Å². The molecule has 1 aliphatic carbocycles. The third-order valence-electron chi connectivity index (χ3n) is 1.82. The van der Waals surface area contributed by atoms with E-state index < -0.39 is 0 Å². The fourth-order valence-electron chi connectivity index (χ4n) is 1.25.